The van der Waals surface area contributed by atoms with Gasteiger partial charge in [0.05, 0.1) is 17.2 Å². The fraction of sp³-hybridized carbons (Fsp3) is 0.455. The minimum Gasteiger partial charge on any atom is -0.383 e. The van der Waals surface area contributed by atoms with Crippen molar-refractivity contribution >= 4 is 25.5 Å². The Morgan fingerprint density at radius 1 is 1.29 bits per heavy atom. The van der Waals surface area contributed by atoms with E-state index in [0.717, 1.165) is 16.6 Å². The molecule has 0 saturated heterocycles. The number of nitrogens with two attached hydrogens (primary N) is 1. The standard InChI is InChI=1S/C11H19N3O5S2/c1-14(6-7-19-2)21(17,18)11-8-9(20(3,15)16)4-5-10(11)13-12/h4-5,8,13H,6-7,12H2,1-3H3. The van der Waals surface area contributed by atoms with Crippen LogP contribution in [0.15, 0.2) is 28.0 Å². The molecule has 0 aromatic heterocycles. The topological polar surface area (TPSA) is 119 Å². The van der Waals surface area contributed by atoms with Crippen molar-refractivity contribution in [1.82, 2.24) is 4.31 Å². The molecule has 1 aromatic carbocycles. The zero-order chi connectivity index (χ0) is 16.3. The molecule has 0 aliphatic rings. The zero-order valence-corrected chi connectivity index (χ0v) is 13.7. The van der Waals surface area contributed by atoms with Crippen molar-refractivity contribution in [2.45, 2.75) is 9.79 Å². The van der Waals surface area contributed by atoms with Crippen LogP contribution in [0, 0.1) is 0 Å². The first-order chi connectivity index (χ1) is 9.64. The lowest BCUT2D eigenvalue weighted by atomic mass is 10.3. The van der Waals surface area contributed by atoms with Crippen LogP contribution in [0.4, 0.5) is 5.69 Å². The van der Waals surface area contributed by atoms with Gasteiger partial charge in [-0.1, -0.05) is 0 Å². The number of anilines is 1. The third-order valence-electron chi connectivity index (χ3n) is 2.84. The Morgan fingerprint density at radius 3 is 2.38 bits per heavy atom. The van der Waals surface area contributed by atoms with Gasteiger partial charge in [0.25, 0.3) is 0 Å². The number of hydrogen-bond acceptors (Lipinski definition) is 7. The first kappa shape index (κ1) is 17.9. The molecule has 10 heteroatoms. The largest absolute Gasteiger partial charge is 0.383 e. The molecule has 0 aliphatic carbocycles. The number of methoxy groups -OCH3 is 1. The predicted octanol–water partition coefficient (Wildman–Crippen LogP) is -0.357. The Hall–Kier alpha value is -1.20. The molecule has 3 N–H and O–H groups in total. The summed E-state index contributed by atoms with van der Waals surface area (Å²) < 4.78 is 54.0. The number of hydrazine groups is 1. The van der Waals surface area contributed by atoms with Gasteiger partial charge in [-0.3, -0.25) is 5.84 Å². The predicted molar refractivity (Wildman–Crippen MR) is 79.1 cm³/mol. The summed E-state index contributed by atoms with van der Waals surface area (Å²) >= 11 is 0. The van der Waals surface area contributed by atoms with Crippen molar-refractivity contribution in [3.05, 3.63) is 18.2 Å². The van der Waals surface area contributed by atoms with Crippen molar-refractivity contribution < 1.29 is 21.6 Å². The lowest BCUT2D eigenvalue weighted by Crippen LogP contribution is -2.31. The number of sulfone groups is 1. The summed E-state index contributed by atoms with van der Waals surface area (Å²) in [6.45, 7) is 0.346. The molecule has 8 nitrogen and oxygen atoms in total. The van der Waals surface area contributed by atoms with Gasteiger partial charge in [0.2, 0.25) is 10.0 Å². The second kappa shape index (κ2) is 6.71. The molecule has 0 fully saturated rings. The van der Waals surface area contributed by atoms with E-state index < -0.39 is 19.9 Å². The van der Waals surface area contributed by atoms with Gasteiger partial charge in [0.15, 0.2) is 9.84 Å². The highest BCUT2D eigenvalue weighted by atomic mass is 32.2. The summed E-state index contributed by atoms with van der Waals surface area (Å²) in [5.41, 5.74) is 2.38. The SMILES string of the molecule is COCCN(C)S(=O)(=O)c1cc(S(C)(=O)=O)ccc1NN. The summed E-state index contributed by atoms with van der Waals surface area (Å²) in [6, 6.07) is 3.69. The quantitative estimate of drug-likeness (QED) is 0.515. The molecular formula is C11H19N3O5S2. The number of nitrogens with zero attached hydrogens (tertiary/aromatic N) is 1. The van der Waals surface area contributed by atoms with Crippen molar-refractivity contribution in [3.8, 4) is 0 Å². The van der Waals surface area contributed by atoms with Gasteiger partial charge in [-0.15, -0.1) is 0 Å². The van der Waals surface area contributed by atoms with Gasteiger partial charge in [0.1, 0.15) is 4.90 Å². The highest BCUT2D eigenvalue weighted by molar-refractivity contribution is 7.91. The summed E-state index contributed by atoms with van der Waals surface area (Å²) in [5.74, 6) is 5.30. The average molecular weight is 337 g/mol. The van der Waals surface area contributed by atoms with Gasteiger partial charge < -0.3 is 10.2 Å². The van der Waals surface area contributed by atoms with E-state index >= 15 is 0 Å². The third kappa shape index (κ3) is 4.14. The van der Waals surface area contributed by atoms with E-state index in [-0.39, 0.29) is 28.6 Å². The van der Waals surface area contributed by atoms with Crippen LogP contribution in [-0.4, -0.2) is 54.7 Å². The smallest absolute Gasteiger partial charge is 0.245 e. The van der Waals surface area contributed by atoms with E-state index in [2.05, 4.69) is 5.43 Å². The normalized spacial score (nSPS) is 12.6. The van der Waals surface area contributed by atoms with Crippen LogP contribution in [-0.2, 0) is 24.6 Å². The lowest BCUT2D eigenvalue weighted by molar-refractivity contribution is 0.185. The number of benzene rings is 1. The molecular weight excluding hydrogens is 318 g/mol. The molecule has 0 amide bonds. The summed E-state index contributed by atoms with van der Waals surface area (Å²) in [4.78, 5) is -0.299. The maximum Gasteiger partial charge on any atom is 0.245 e. The number of rotatable bonds is 7. The van der Waals surface area contributed by atoms with E-state index in [1.165, 1.54) is 26.3 Å². The number of hydrogen-bond donors (Lipinski definition) is 2. The minimum atomic E-state index is -3.89. The molecule has 0 aliphatic heterocycles. The van der Waals surface area contributed by atoms with Crippen molar-refractivity contribution in [1.29, 1.82) is 0 Å². The second-order valence-corrected chi connectivity index (χ2v) is 8.42. The van der Waals surface area contributed by atoms with Crippen LogP contribution < -0.4 is 11.3 Å². The lowest BCUT2D eigenvalue weighted by Gasteiger charge is -2.19. The maximum absolute atomic E-state index is 12.5. The Bertz CT molecular complexity index is 701. The van der Waals surface area contributed by atoms with Gasteiger partial charge in [0, 0.05) is 27.0 Å². The zero-order valence-electron chi connectivity index (χ0n) is 12.0. The molecule has 0 radical (unpaired) electrons. The highest BCUT2D eigenvalue weighted by Gasteiger charge is 2.25. The number of sulfonamides is 1. The number of nitrogen functional groups attached to an aromatic ring is 1. The van der Waals surface area contributed by atoms with Crippen molar-refractivity contribution in [2.75, 3.05) is 39.0 Å². The minimum absolute atomic E-state index is 0.0970. The summed E-state index contributed by atoms with van der Waals surface area (Å²) in [7, 11) is -4.59. The van der Waals surface area contributed by atoms with Crippen LogP contribution in [0.5, 0.6) is 0 Å². The molecule has 0 spiro atoms. The summed E-state index contributed by atoms with van der Waals surface area (Å²) in [5, 5.41) is 0. The molecule has 1 rings (SSSR count). The number of nitrogens with one attached hydrogen (secondary N) is 1. The van der Waals surface area contributed by atoms with Crippen molar-refractivity contribution in [3.63, 3.8) is 0 Å². The Morgan fingerprint density at radius 2 is 1.90 bits per heavy atom. The van der Waals surface area contributed by atoms with Crippen LogP contribution >= 0.6 is 0 Å². The Balaban J connectivity index is 3.39. The third-order valence-corrected chi connectivity index (χ3v) is 5.84. The van der Waals surface area contributed by atoms with Crippen LogP contribution in [0.3, 0.4) is 0 Å². The number of likely N-dealkylation sites (N-methyl/N-ethyl adjacent to an activating group) is 1. The average Bonchev–Trinajstić information content (AvgIpc) is 2.42. The van der Waals surface area contributed by atoms with E-state index in [1.54, 1.807) is 0 Å². The number of ether oxygens (including phenoxy) is 1. The van der Waals surface area contributed by atoms with Crippen LogP contribution in [0.2, 0.25) is 0 Å². The van der Waals surface area contributed by atoms with Gasteiger partial charge in [-0.05, 0) is 18.2 Å². The maximum atomic E-state index is 12.5. The van der Waals surface area contributed by atoms with Gasteiger partial charge in [-0.2, -0.15) is 4.31 Å². The fourth-order valence-corrected chi connectivity index (χ4v) is 3.63. The second-order valence-electron chi connectivity index (χ2n) is 4.39. The molecule has 1 aromatic rings. The van der Waals surface area contributed by atoms with Gasteiger partial charge in [-0.25, -0.2) is 16.8 Å². The molecule has 0 unspecified atom stereocenters. The van der Waals surface area contributed by atoms with E-state index in [4.69, 9.17) is 10.6 Å². The Labute approximate surface area is 124 Å². The van der Waals surface area contributed by atoms with E-state index in [9.17, 15) is 16.8 Å². The molecule has 0 heterocycles. The van der Waals surface area contributed by atoms with Crippen LogP contribution in [0.1, 0.15) is 0 Å². The Kier molecular flexibility index (Phi) is 5.70. The van der Waals surface area contributed by atoms with Crippen molar-refractivity contribution in [2.24, 2.45) is 5.84 Å². The molecule has 120 valence electrons. The van der Waals surface area contributed by atoms with E-state index in [1.807, 2.05) is 0 Å². The molecule has 0 bridgehead atoms. The fourth-order valence-electron chi connectivity index (χ4n) is 1.57. The van der Waals surface area contributed by atoms with Crippen LogP contribution in [0.25, 0.3) is 0 Å². The first-order valence-corrected chi connectivity index (χ1v) is 9.23. The van der Waals surface area contributed by atoms with Gasteiger partial charge >= 0.3 is 0 Å². The first-order valence-electron chi connectivity index (χ1n) is 5.90. The van der Waals surface area contributed by atoms with E-state index in [0.29, 0.717) is 0 Å². The molecule has 0 saturated carbocycles. The monoisotopic (exact) mass is 337 g/mol. The summed E-state index contributed by atoms with van der Waals surface area (Å²) in [6.07, 6.45) is 1.00. The highest BCUT2D eigenvalue weighted by Crippen LogP contribution is 2.26. The molecule has 0 atom stereocenters. The molecule has 21 heavy (non-hydrogen) atoms.